The second-order valence-electron chi connectivity index (χ2n) is 4.35. The van der Waals surface area contributed by atoms with Crippen molar-refractivity contribution in [1.29, 1.82) is 0 Å². The van der Waals surface area contributed by atoms with Crippen molar-refractivity contribution in [3.63, 3.8) is 0 Å². The molecule has 104 valence electrons. The van der Waals surface area contributed by atoms with E-state index in [2.05, 4.69) is 15.9 Å². The van der Waals surface area contributed by atoms with Gasteiger partial charge in [-0.2, -0.15) is 4.39 Å². The molecule has 20 heavy (non-hydrogen) atoms. The number of hydrogen-bond donors (Lipinski definition) is 0. The first-order valence-electron chi connectivity index (χ1n) is 5.87. The van der Waals surface area contributed by atoms with Gasteiger partial charge in [0.25, 0.3) is 0 Å². The molecule has 0 bridgehead atoms. The van der Waals surface area contributed by atoms with Gasteiger partial charge in [-0.1, -0.05) is 34.1 Å². The van der Waals surface area contributed by atoms with Gasteiger partial charge in [0.15, 0.2) is 0 Å². The molecular weight excluding hydrogens is 327 g/mol. The molecule has 0 amide bonds. The zero-order chi connectivity index (χ0) is 14.7. The van der Waals surface area contributed by atoms with E-state index in [9.17, 15) is 14.5 Å². The van der Waals surface area contributed by atoms with Crippen LogP contribution in [0.2, 0.25) is 0 Å². The Kier molecular flexibility index (Phi) is 4.34. The maximum absolute atomic E-state index is 13.6. The van der Waals surface area contributed by atoms with Crippen molar-refractivity contribution in [2.45, 2.75) is 6.54 Å². The molecule has 0 radical (unpaired) electrons. The summed E-state index contributed by atoms with van der Waals surface area (Å²) in [5.41, 5.74) is 0.749. The first-order chi connectivity index (χ1) is 9.49. The quantitative estimate of drug-likeness (QED) is 0.621. The van der Waals surface area contributed by atoms with E-state index in [1.54, 1.807) is 18.0 Å². The summed E-state index contributed by atoms with van der Waals surface area (Å²) in [4.78, 5) is 11.9. The Morgan fingerprint density at radius 3 is 2.50 bits per heavy atom. The molecule has 2 aromatic carbocycles. The number of para-hydroxylation sites is 1. The number of benzene rings is 2. The maximum atomic E-state index is 13.6. The van der Waals surface area contributed by atoms with Crippen LogP contribution in [0.3, 0.4) is 0 Å². The van der Waals surface area contributed by atoms with Gasteiger partial charge in [0, 0.05) is 18.1 Å². The fourth-order valence-corrected chi connectivity index (χ4v) is 2.21. The second kappa shape index (κ2) is 6.00. The zero-order valence-corrected chi connectivity index (χ0v) is 12.3. The molecule has 2 aromatic rings. The minimum absolute atomic E-state index is 0.262. The molecule has 0 aliphatic carbocycles. The van der Waals surface area contributed by atoms with Gasteiger partial charge in [-0.15, -0.1) is 0 Å². The standard InChI is InChI=1S/C14H12BrFN2O2/c1-17(9-10-5-7-11(15)8-6-10)13-4-2-3-12(16)14(13)18(19)20/h2-8H,9H2,1H3. The SMILES string of the molecule is CN(Cc1ccc(Br)cc1)c1cccc(F)c1[N+](=O)[O-]. The van der Waals surface area contributed by atoms with Gasteiger partial charge in [-0.3, -0.25) is 10.1 Å². The highest BCUT2D eigenvalue weighted by Gasteiger charge is 2.22. The van der Waals surface area contributed by atoms with Crippen LogP contribution in [-0.2, 0) is 6.54 Å². The summed E-state index contributed by atoms with van der Waals surface area (Å²) in [6.45, 7) is 0.456. The summed E-state index contributed by atoms with van der Waals surface area (Å²) in [5.74, 6) is -0.824. The maximum Gasteiger partial charge on any atom is 0.327 e. The van der Waals surface area contributed by atoms with Gasteiger partial charge >= 0.3 is 5.69 Å². The van der Waals surface area contributed by atoms with Crippen LogP contribution in [0.5, 0.6) is 0 Å². The Bertz CT molecular complexity index is 632. The Balaban J connectivity index is 2.29. The van der Waals surface area contributed by atoms with E-state index in [0.29, 0.717) is 6.54 Å². The number of nitro benzene ring substituents is 1. The molecule has 0 fully saturated rings. The molecule has 0 aliphatic rings. The molecule has 0 heterocycles. The molecule has 0 unspecified atom stereocenters. The summed E-state index contributed by atoms with van der Waals surface area (Å²) in [6, 6.07) is 11.7. The second-order valence-corrected chi connectivity index (χ2v) is 5.26. The smallest absolute Gasteiger partial charge is 0.327 e. The topological polar surface area (TPSA) is 46.4 Å². The lowest BCUT2D eigenvalue weighted by atomic mass is 10.2. The van der Waals surface area contributed by atoms with Crippen molar-refractivity contribution in [3.8, 4) is 0 Å². The number of anilines is 1. The molecule has 6 heteroatoms. The monoisotopic (exact) mass is 338 g/mol. The minimum Gasteiger partial charge on any atom is -0.365 e. The summed E-state index contributed by atoms with van der Waals surface area (Å²) in [7, 11) is 1.70. The van der Waals surface area contributed by atoms with Crippen LogP contribution < -0.4 is 4.90 Å². The third-order valence-electron chi connectivity index (χ3n) is 2.89. The van der Waals surface area contributed by atoms with Crippen LogP contribution in [0, 0.1) is 15.9 Å². The van der Waals surface area contributed by atoms with Crippen molar-refractivity contribution in [2.75, 3.05) is 11.9 Å². The predicted octanol–water partition coefficient (Wildman–Crippen LogP) is 4.13. The molecule has 0 aliphatic heterocycles. The van der Waals surface area contributed by atoms with Crippen LogP contribution in [-0.4, -0.2) is 12.0 Å². The zero-order valence-electron chi connectivity index (χ0n) is 10.7. The van der Waals surface area contributed by atoms with E-state index in [1.807, 2.05) is 24.3 Å². The van der Waals surface area contributed by atoms with Crippen LogP contribution in [0.4, 0.5) is 15.8 Å². The van der Waals surface area contributed by atoms with Gasteiger partial charge in [0.2, 0.25) is 5.82 Å². The first-order valence-corrected chi connectivity index (χ1v) is 6.67. The molecule has 0 N–H and O–H groups in total. The molecule has 2 rings (SSSR count). The summed E-state index contributed by atoms with van der Waals surface area (Å²) in [5, 5.41) is 11.0. The number of nitro groups is 1. The van der Waals surface area contributed by atoms with Crippen LogP contribution in [0.1, 0.15) is 5.56 Å². The summed E-state index contributed by atoms with van der Waals surface area (Å²) in [6.07, 6.45) is 0. The van der Waals surface area contributed by atoms with E-state index < -0.39 is 16.4 Å². The average Bonchev–Trinajstić information content (AvgIpc) is 2.40. The number of hydrogen-bond acceptors (Lipinski definition) is 3. The van der Waals surface area contributed by atoms with Crippen molar-refractivity contribution >= 4 is 27.3 Å². The van der Waals surface area contributed by atoms with E-state index in [-0.39, 0.29) is 5.69 Å². The van der Waals surface area contributed by atoms with Crippen molar-refractivity contribution in [1.82, 2.24) is 0 Å². The fraction of sp³-hybridized carbons (Fsp3) is 0.143. The third kappa shape index (κ3) is 3.14. The number of nitrogens with zero attached hydrogens (tertiary/aromatic N) is 2. The lowest BCUT2D eigenvalue weighted by molar-refractivity contribution is -0.386. The van der Waals surface area contributed by atoms with Crippen LogP contribution in [0.25, 0.3) is 0 Å². The van der Waals surface area contributed by atoms with Gasteiger partial charge in [0.05, 0.1) is 4.92 Å². The predicted molar refractivity (Wildman–Crippen MR) is 79.3 cm³/mol. The minimum atomic E-state index is -0.824. The molecule has 0 saturated carbocycles. The highest BCUT2D eigenvalue weighted by atomic mass is 79.9. The fourth-order valence-electron chi connectivity index (χ4n) is 1.94. The molecule has 4 nitrogen and oxygen atoms in total. The average molecular weight is 339 g/mol. The Labute approximate surface area is 124 Å². The lowest BCUT2D eigenvalue weighted by Gasteiger charge is -2.19. The summed E-state index contributed by atoms with van der Waals surface area (Å²) < 4.78 is 14.5. The number of halogens is 2. The first kappa shape index (κ1) is 14.5. The normalized spacial score (nSPS) is 10.3. The number of rotatable bonds is 4. The molecular formula is C14H12BrFN2O2. The highest BCUT2D eigenvalue weighted by molar-refractivity contribution is 9.10. The van der Waals surface area contributed by atoms with Crippen molar-refractivity contribution < 1.29 is 9.31 Å². The molecule has 0 atom stereocenters. The third-order valence-corrected chi connectivity index (χ3v) is 3.42. The Morgan fingerprint density at radius 2 is 1.90 bits per heavy atom. The summed E-state index contributed by atoms with van der Waals surface area (Å²) >= 11 is 3.34. The van der Waals surface area contributed by atoms with E-state index in [0.717, 1.165) is 16.1 Å². The molecule has 0 spiro atoms. The Morgan fingerprint density at radius 1 is 1.25 bits per heavy atom. The van der Waals surface area contributed by atoms with E-state index >= 15 is 0 Å². The largest absolute Gasteiger partial charge is 0.365 e. The molecule has 0 saturated heterocycles. The van der Waals surface area contributed by atoms with Gasteiger partial charge < -0.3 is 4.90 Å². The molecule has 0 aromatic heterocycles. The Hall–Kier alpha value is -1.95. The van der Waals surface area contributed by atoms with Crippen molar-refractivity contribution in [3.05, 3.63) is 68.4 Å². The van der Waals surface area contributed by atoms with Crippen molar-refractivity contribution in [2.24, 2.45) is 0 Å². The lowest BCUT2D eigenvalue weighted by Crippen LogP contribution is -2.18. The highest BCUT2D eigenvalue weighted by Crippen LogP contribution is 2.30. The van der Waals surface area contributed by atoms with Gasteiger partial charge in [-0.05, 0) is 29.8 Å². The van der Waals surface area contributed by atoms with E-state index in [1.165, 1.54) is 6.07 Å². The van der Waals surface area contributed by atoms with Gasteiger partial charge in [0.1, 0.15) is 5.69 Å². The van der Waals surface area contributed by atoms with E-state index in [4.69, 9.17) is 0 Å². The van der Waals surface area contributed by atoms with Gasteiger partial charge in [-0.25, -0.2) is 0 Å². The van der Waals surface area contributed by atoms with Crippen LogP contribution >= 0.6 is 15.9 Å². The van der Waals surface area contributed by atoms with Crippen LogP contribution in [0.15, 0.2) is 46.9 Å².